The Labute approximate surface area is 139 Å². The highest BCUT2D eigenvalue weighted by atomic mass is 16.7. The van der Waals surface area contributed by atoms with E-state index < -0.39 is 79.4 Å². The van der Waals surface area contributed by atoms with E-state index in [0.29, 0.717) is 0 Å². The summed E-state index contributed by atoms with van der Waals surface area (Å²) in [6.07, 6.45) is -6.76. The molecule has 3 rings (SSSR count). The predicted molar refractivity (Wildman–Crippen MR) is 83.6 cm³/mol. The molecule has 0 saturated carbocycles. The van der Waals surface area contributed by atoms with Crippen LogP contribution >= 0.6 is 0 Å². The summed E-state index contributed by atoms with van der Waals surface area (Å²) in [5.74, 6) is 0. The largest absolute Gasteiger partial charge is 0.496 e. The lowest BCUT2D eigenvalue weighted by Crippen LogP contribution is -2.41. The van der Waals surface area contributed by atoms with Crippen LogP contribution in [0, 0.1) is 0 Å². The van der Waals surface area contributed by atoms with Gasteiger partial charge in [-0.2, -0.15) is 0 Å². The lowest BCUT2D eigenvalue weighted by atomic mass is 9.77. The minimum Gasteiger partial charge on any atom is -0.399 e. The second-order valence-electron chi connectivity index (χ2n) is 5.66. The first kappa shape index (κ1) is 5.66. The zero-order valence-corrected chi connectivity index (χ0v) is 11.8. The maximum atomic E-state index is 8.41. The van der Waals surface area contributed by atoms with Gasteiger partial charge in [-0.15, -0.1) is 0 Å². The van der Waals surface area contributed by atoms with Crippen molar-refractivity contribution in [3.63, 3.8) is 0 Å². The van der Waals surface area contributed by atoms with Gasteiger partial charge >= 0.3 is 7.12 Å². The molecule has 2 fully saturated rings. The van der Waals surface area contributed by atoms with E-state index in [1.165, 1.54) is 0 Å². The second-order valence-corrected chi connectivity index (χ2v) is 5.66. The van der Waals surface area contributed by atoms with Crippen LogP contribution in [0.4, 0.5) is 5.69 Å². The number of hydrogen-bond donors (Lipinski definition) is 0. The van der Waals surface area contributed by atoms with Crippen molar-refractivity contribution in [2.24, 2.45) is 0 Å². The molecule has 0 amide bonds. The van der Waals surface area contributed by atoms with Crippen molar-refractivity contribution in [1.29, 1.82) is 0 Å². The Balaban J connectivity index is 2.41. The highest BCUT2D eigenvalue weighted by Gasteiger charge is 2.52. The standard InChI is InChI=1S/C16H24BNO2/c1-15(2)16(3,4)20-17(19-15)13-9-5-6-10-14(13)18-11-7-8-12-18/h5-6,9-10H,7-8,11-12H2,1-4H3/i5D,6D,7D2,8D2,9D,10D,11D2,12D2. The molecule has 0 aliphatic carbocycles. The fraction of sp³-hybridized carbons (Fsp3) is 0.625. The molecule has 1 aromatic carbocycles. The van der Waals surface area contributed by atoms with Crippen LogP contribution in [-0.4, -0.2) is 31.3 Å². The van der Waals surface area contributed by atoms with E-state index in [4.69, 9.17) is 25.8 Å². The lowest BCUT2D eigenvalue weighted by molar-refractivity contribution is 0.00578. The van der Waals surface area contributed by atoms with Crippen LogP contribution in [0.5, 0.6) is 0 Å². The van der Waals surface area contributed by atoms with Crippen molar-refractivity contribution in [2.45, 2.75) is 51.6 Å². The third kappa shape index (κ3) is 2.25. The van der Waals surface area contributed by atoms with Crippen molar-refractivity contribution in [2.75, 3.05) is 17.9 Å². The molecule has 0 bridgehead atoms. The molecule has 0 spiro atoms. The van der Waals surface area contributed by atoms with Gasteiger partial charge in [0.15, 0.2) is 0 Å². The molecule has 1 aromatic rings. The number of hydrogen-bond acceptors (Lipinski definition) is 3. The molecule has 2 aliphatic rings. The minimum absolute atomic E-state index is 0.123. The zero-order valence-electron chi connectivity index (χ0n) is 23.8. The third-order valence-corrected chi connectivity index (χ3v) is 3.81. The molecule has 3 nitrogen and oxygen atoms in total. The fourth-order valence-corrected chi connectivity index (χ4v) is 1.93. The summed E-state index contributed by atoms with van der Waals surface area (Å²) in [7, 11) is -1.47. The highest BCUT2D eigenvalue weighted by molar-refractivity contribution is 6.64. The average Bonchev–Trinajstić information content (AvgIpc) is 2.87. The van der Waals surface area contributed by atoms with Gasteiger partial charge in [0.25, 0.3) is 0 Å². The summed E-state index contributed by atoms with van der Waals surface area (Å²) in [4.78, 5) is 0.123. The summed E-state index contributed by atoms with van der Waals surface area (Å²) in [6, 6.07) is -3.06. The lowest BCUT2D eigenvalue weighted by Gasteiger charge is -2.32. The Morgan fingerprint density at radius 2 is 1.65 bits per heavy atom. The summed E-state index contributed by atoms with van der Waals surface area (Å²) in [5, 5.41) is 0. The summed E-state index contributed by atoms with van der Waals surface area (Å²) >= 11 is 0. The van der Waals surface area contributed by atoms with E-state index in [0.717, 1.165) is 0 Å². The quantitative estimate of drug-likeness (QED) is 0.780. The Morgan fingerprint density at radius 3 is 2.25 bits per heavy atom. The molecule has 0 unspecified atom stereocenters. The molecule has 0 atom stereocenters. The molecule has 20 heavy (non-hydrogen) atoms. The van der Waals surface area contributed by atoms with Gasteiger partial charge in [-0.1, -0.05) is 18.1 Å². The van der Waals surface area contributed by atoms with Crippen LogP contribution in [0.2, 0.25) is 0 Å². The maximum absolute atomic E-state index is 8.41. The normalized spacial score (nSPS) is 43.2. The monoisotopic (exact) mass is 285 g/mol. The predicted octanol–water partition coefficient (Wildman–Crippen LogP) is 2.59. The minimum atomic E-state index is -3.38. The van der Waals surface area contributed by atoms with E-state index in [9.17, 15) is 0 Å². The molecule has 0 aromatic heterocycles. The molecule has 108 valence electrons. The van der Waals surface area contributed by atoms with Crippen LogP contribution < -0.4 is 10.4 Å². The molecular formula is C16H24BNO2. The van der Waals surface area contributed by atoms with Crippen molar-refractivity contribution in [1.82, 2.24) is 0 Å². The van der Waals surface area contributed by atoms with Crippen molar-refractivity contribution >= 4 is 18.3 Å². The Morgan fingerprint density at radius 1 is 1.10 bits per heavy atom. The molecule has 2 saturated heterocycles. The highest BCUT2D eigenvalue weighted by Crippen LogP contribution is 2.37. The van der Waals surface area contributed by atoms with Crippen LogP contribution in [0.25, 0.3) is 0 Å². The first-order valence-corrected chi connectivity index (χ1v) is 6.34. The Bertz CT molecular complexity index is 939. The average molecular weight is 285 g/mol. The summed E-state index contributed by atoms with van der Waals surface area (Å²) in [5.41, 5.74) is -3.11. The van der Waals surface area contributed by atoms with E-state index in [1.54, 1.807) is 27.7 Å². The van der Waals surface area contributed by atoms with Gasteiger partial charge in [0.2, 0.25) is 0 Å². The molecular weight excluding hydrogens is 249 g/mol. The fourth-order valence-electron chi connectivity index (χ4n) is 1.93. The van der Waals surface area contributed by atoms with Gasteiger partial charge in [0.1, 0.15) is 0 Å². The molecule has 0 radical (unpaired) electrons. The maximum Gasteiger partial charge on any atom is 0.496 e. The van der Waals surface area contributed by atoms with Crippen LogP contribution in [0.3, 0.4) is 0 Å². The van der Waals surface area contributed by atoms with Crippen molar-refractivity contribution in [3.8, 4) is 0 Å². The summed E-state index contributed by atoms with van der Waals surface area (Å²) < 4.78 is 110. The van der Waals surface area contributed by atoms with Gasteiger partial charge in [-0.05, 0) is 46.5 Å². The van der Waals surface area contributed by atoms with Gasteiger partial charge in [-0.3, -0.25) is 0 Å². The molecule has 2 aliphatic heterocycles. The number of benzene rings is 1. The third-order valence-electron chi connectivity index (χ3n) is 3.81. The molecule has 0 N–H and O–H groups in total. The van der Waals surface area contributed by atoms with Gasteiger partial charge in [0, 0.05) is 35.1 Å². The van der Waals surface area contributed by atoms with Gasteiger partial charge in [-0.25, -0.2) is 0 Å². The van der Waals surface area contributed by atoms with E-state index in [2.05, 4.69) is 0 Å². The van der Waals surface area contributed by atoms with Crippen LogP contribution in [-0.2, 0) is 9.31 Å². The zero-order chi connectivity index (χ0) is 25.0. The topological polar surface area (TPSA) is 21.7 Å². The molecule has 4 heteroatoms. The van der Waals surface area contributed by atoms with E-state index in [1.807, 2.05) is 0 Å². The number of nitrogens with zero attached hydrogens (tertiary/aromatic N) is 1. The smallest absolute Gasteiger partial charge is 0.399 e. The first-order valence-electron chi connectivity index (χ1n) is 12.3. The van der Waals surface area contributed by atoms with Gasteiger partial charge < -0.3 is 14.2 Å². The summed E-state index contributed by atoms with van der Waals surface area (Å²) in [6.45, 7) is 0.0648. The van der Waals surface area contributed by atoms with Gasteiger partial charge in [0.05, 0.1) is 16.7 Å². The SMILES string of the molecule is [2H]c1c([2H])c([2H])c(N2C([2H])([2H])C([2H])([2H])C([2H])([2H])C2([2H])[2H])c(B2OC(C)(C)C(C)(C)O2)c1[2H]. The van der Waals surface area contributed by atoms with Crippen molar-refractivity contribution in [3.05, 3.63) is 24.2 Å². The Kier molecular flexibility index (Phi) is 1.35. The molecule has 2 heterocycles. The number of anilines is 1. The van der Waals surface area contributed by atoms with Crippen LogP contribution in [0.15, 0.2) is 24.2 Å². The van der Waals surface area contributed by atoms with E-state index in [-0.39, 0.29) is 4.90 Å². The Hall–Kier alpha value is -0.995. The van der Waals surface area contributed by atoms with E-state index >= 15 is 0 Å². The first-order chi connectivity index (χ1) is 14.1. The number of para-hydroxylation sites is 1. The second kappa shape index (κ2) is 4.78. The van der Waals surface area contributed by atoms with Crippen molar-refractivity contribution < 1.29 is 25.8 Å². The number of rotatable bonds is 2. The van der Waals surface area contributed by atoms with Crippen LogP contribution in [0.1, 0.15) is 56.9 Å².